The van der Waals surface area contributed by atoms with Crippen molar-refractivity contribution in [2.75, 3.05) is 0 Å². The lowest BCUT2D eigenvalue weighted by atomic mass is 10.00. The van der Waals surface area contributed by atoms with Crippen molar-refractivity contribution in [3.63, 3.8) is 0 Å². The highest BCUT2D eigenvalue weighted by Gasteiger charge is 2.25. The van der Waals surface area contributed by atoms with E-state index in [1.54, 1.807) is 0 Å². The van der Waals surface area contributed by atoms with E-state index in [2.05, 4.69) is 24.4 Å². The molecule has 2 atom stereocenters. The Balaban J connectivity index is 0.00000180. The van der Waals surface area contributed by atoms with Crippen molar-refractivity contribution < 1.29 is 4.79 Å². The van der Waals surface area contributed by atoms with Crippen LogP contribution in [-0.4, -0.2) is 11.9 Å². The van der Waals surface area contributed by atoms with E-state index in [1.807, 2.05) is 12.1 Å². The van der Waals surface area contributed by atoms with Crippen molar-refractivity contribution in [2.45, 2.75) is 45.2 Å². The first-order valence-corrected chi connectivity index (χ1v) is 6.73. The van der Waals surface area contributed by atoms with Gasteiger partial charge in [-0.2, -0.15) is 0 Å². The SMILES string of the molecule is Cc1ccccc1CNC(=O)C[C@@H]1CCC[C@H]1N.Cl. The summed E-state index contributed by atoms with van der Waals surface area (Å²) in [6.07, 6.45) is 3.90. The summed E-state index contributed by atoms with van der Waals surface area (Å²) in [5.74, 6) is 0.502. The summed E-state index contributed by atoms with van der Waals surface area (Å²) in [5, 5.41) is 2.99. The minimum Gasteiger partial charge on any atom is -0.352 e. The minimum atomic E-state index is 0. The van der Waals surface area contributed by atoms with Crippen LogP contribution in [0.15, 0.2) is 24.3 Å². The number of amides is 1. The van der Waals surface area contributed by atoms with Gasteiger partial charge in [-0.15, -0.1) is 12.4 Å². The standard InChI is InChI=1S/C15H22N2O.ClH/c1-11-5-2-3-6-13(11)10-17-15(18)9-12-7-4-8-14(12)16;/h2-3,5-6,12,14H,4,7-10,16H2,1H3,(H,17,18);1H/t12-,14+;/m0./s1. The molecule has 0 aromatic heterocycles. The van der Waals surface area contributed by atoms with Crippen LogP contribution in [-0.2, 0) is 11.3 Å². The summed E-state index contributed by atoms with van der Waals surface area (Å²) >= 11 is 0. The topological polar surface area (TPSA) is 55.1 Å². The Morgan fingerprint density at radius 2 is 2.11 bits per heavy atom. The van der Waals surface area contributed by atoms with Gasteiger partial charge in [-0.25, -0.2) is 0 Å². The van der Waals surface area contributed by atoms with Crippen molar-refractivity contribution in [3.8, 4) is 0 Å². The van der Waals surface area contributed by atoms with Crippen LogP contribution in [0.2, 0.25) is 0 Å². The summed E-state index contributed by atoms with van der Waals surface area (Å²) in [6.45, 7) is 2.68. The molecule has 0 aliphatic heterocycles. The van der Waals surface area contributed by atoms with E-state index in [0.717, 1.165) is 19.3 Å². The van der Waals surface area contributed by atoms with Gasteiger partial charge >= 0.3 is 0 Å². The molecule has 1 aliphatic carbocycles. The highest BCUT2D eigenvalue weighted by atomic mass is 35.5. The fraction of sp³-hybridized carbons (Fsp3) is 0.533. The van der Waals surface area contributed by atoms with Crippen molar-refractivity contribution >= 4 is 18.3 Å². The van der Waals surface area contributed by atoms with Crippen LogP contribution >= 0.6 is 12.4 Å². The monoisotopic (exact) mass is 282 g/mol. The molecule has 1 saturated carbocycles. The van der Waals surface area contributed by atoms with Crippen molar-refractivity contribution in [1.29, 1.82) is 0 Å². The lowest BCUT2D eigenvalue weighted by Crippen LogP contribution is -2.31. The van der Waals surface area contributed by atoms with E-state index in [1.165, 1.54) is 11.1 Å². The molecule has 1 fully saturated rings. The van der Waals surface area contributed by atoms with Crippen LogP contribution in [0, 0.1) is 12.8 Å². The lowest BCUT2D eigenvalue weighted by Gasteiger charge is -2.15. The van der Waals surface area contributed by atoms with Crippen molar-refractivity contribution in [3.05, 3.63) is 35.4 Å². The molecule has 0 spiro atoms. The molecule has 19 heavy (non-hydrogen) atoms. The van der Waals surface area contributed by atoms with Gasteiger partial charge < -0.3 is 11.1 Å². The molecule has 2 rings (SSSR count). The Morgan fingerprint density at radius 1 is 1.37 bits per heavy atom. The molecule has 0 unspecified atom stereocenters. The zero-order valence-electron chi connectivity index (χ0n) is 11.4. The molecule has 0 saturated heterocycles. The molecule has 1 amide bonds. The van der Waals surface area contributed by atoms with Crippen LogP contribution in [0.4, 0.5) is 0 Å². The number of rotatable bonds is 4. The van der Waals surface area contributed by atoms with E-state index in [4.69, 9.17) is 5.73 Å². The molecule has 1 aromatic rings. The molecule has 1 aliphatic rings. The highest BCUT2D eigenvalue weighted by molar-refractivity contribution is 5.85. The highest BCUT2D eigenvalue weighted by Crippen LogP contribution is 2.26. The summed E-state index contributed by atoms with van der Waals surface area (Å²) in [5.41, 5.74) is 8.38. The van der Waals surface area contributed by atoms with Gasteiger partial charge in [0.15, 0.2) is 0 Å². The fourth-order valence-electron chi connectivity index (χ4n) is 2.63. The largest absolute Gasteiger partial charge is 0.352 e. The summed E-state index contributed by atoms with van der Waals surface area (Å²) < 4.78 is 0. The third-order valence-electron chi connectivity index (χ3n) is 3.90. The summed E-state index contributed by atoms with van der Waals surface area (Å²) in [6, 6.07) is 8.35. The second-order valence-electron chi connectivity index (χ2n) is 5.26. The Morgan fingerprint density at radius 3 is 2.74 bits per heavy atom. The molecule has 0 heterocycles. The third kappa shape index (κ3) is 4.51. The number of carbonyl (C=O) groups is 1. The van der Waals surface area contributed by atoms with Gasteiger partial charge in [0.1, 0.15) is 0 Å². The first kappa shape index (κ1) is 16.0. The normalized spacial score (nSPS) is 21.8. The van der Waals surface area contributed by atoms with E-state index >= 15 is 0 Å². The Labute approximate surface area is 121 Å². The number of hydrogen-bond donors (Lipinski definition) is 2. The van der Waals surface area contributed by atoms with E-state index in [-0.39, 0.29) is 24.4 Å². The average Bonchev–Trinajstić information content (AvgIpc) is 2.74. The molecule has 106 valence electrons. The van der Waals surface area contributed by atoms with Gasteiger partial charge in [0.05, 0.1) is 0 Å². The molecule has 4 heteroatoms. The Hall–Kier alpha value is -1.06. The minimum absolute atomic E-state index is 0. The van der Waals surface area contributed by atoms with Crippen molar-refractivity contribution in [2.24, 2.45) is 11.7 Å². The first-order valence-electron chi connectivity index (χ1n) is 6.73. The van der Waals surface area contributed by atoms with Crippen LogP contribution in [0.25, 0.3) is 0 Å². The van der Waals surface area contributed by atoms with Gasteiger partial charge in [-0.1, -0.05) is 30.7 Å². The Bertz CT molecular complexity index is 422. The molecule has 3 nitrogen and oxygen atoms in total. The van der Waals surface area contributed by atoms with Crippen LogP contribution in [0.1, 0.15) is 36.8 Å². The van der Waals surface area contributed by atoms with Gasteiger partial charge in [0.25, 0.3) is 0 Å². The van der Waals surface area contributed by atoms with E-state index in [9.17, 15) is 4.79 Å². The zero-order chi connectivity index (χ0) is 13.0. The summed E-state index contributed by atoms with van der Waals surface area (Å²) in [7, 11) is 0. The number of carbonyl (C=O) groups excluding carboxylic acids is 1. The number of nitrogens with one attached hydrogen (secondary N) is 1. The van der Waals surface area contributed by atoms with Gasteiger partial charge in [0, 0.05) is 19.0 Å². The van der Waals surface area contributed by atoms with Crippen molar-refractivity contribution in [1.82, 2.24) is 5.32 Å². The molecular formula is C15H23ClN2O. The maximum Gasteiger partial charge on any atom is 0.220 e. The van der Waals surface area contributed by atoms with E-state index < -0.39 is 0 Å². The molecular weight excluding hydrogens is 260 g/mol. The van der Waals surface area contributed by atoms with Crippen LogP contribution in [0.3, 0.4) is 0 Å². The second-order valence-corrected chi connectivity index (χ2v) is 5.26. The lowest BCUT2D eigenvalue weighted by molar-refractivity contribution is -0.122. The third-order valence-corrected chi connectivity index (χ3v) is 3.90. The Kier molecular flexibility index (Phi) is 6.32. The smallest absolute Gasteiger partial charge is 0.220 e. The predicted octanol–water partition coefficient (Wildman–Crippen LogP) is 2.55. The number of hydrogen-bond acceptors (Lipinski definition) is 2. The quantitative estimate of drug-likeness (QED) is 0.892. The molecule has 0 radical (unpaired) electrons. The fourth-order valence-corrected chi connectivity index (χ4v) is 2.63. The number of nitrogens with two attached hydrogens (primary N) is 1. The van der Waals surface area contributed by atoms with Gasteiger partial charge in [0.2, 0.25) is 5.91 Å². The molecule has 1 aromatic carbocycles. The van der Waals surface area contributed by atoms with Crippen LogP contribution in [0.5, 0.6) is 0 Å². The van der Waals surface area contributed by atoms with E-state index in [0.29, 0.717) is 18.9 Å². The predicted molar refractivity (Wildman–Crippen MR) is 80.2 cm³/mol. The average molecular weight is 283 g/mol. The molecule has 3 N–H and O–H groups in total. The summed E-state index contributed by atoms with van der Waals surface area (Å²) in [4.78, 5) is 11.9. The van der Waals surface area contributed by atoms with Crippen LogP contribution < -0.4 is 11.1 Å². The molecule has 0 bridgehead atoms. The number of halogens is 1. The number of benzene rings is 1. The zero-order valence-corrected chi connectivity index (χ0v) is 12.2. The van der Waals surface area contributed by atoms with Gasteiger partial charge in [-0.3, -0.25) is 4.79 Å². The first-order chi connectivity index (χ1) is 8.66. The number of aryl methyl sites for hydroxylation is 1. The maximum absolute atomic E-state index is 11.9. The maximum atomic E-state index is 11.9. The van der Waals surface area contributed by atoms with Gasteiger partial charge in [-0.05, 0) is 36.8 Å². The second kappa shape index (κ2) is 7.51.